The van der Waals surface area contributed by atoms with Gasteiger partial charge in [0.25, 0.3) is 0 Å². The monoisotopic (exact) mass is 291 g/mol. The van der Waals surface area contributed by atoms with E-state index >= 15 is 0 Å². The van der Waals surface area contributed by atoms with E-state index in [4.69, 9.17) is 9.84 Å². The fourth-order valence-electron chi connectivity index (χ4n) is 3.04. The number of ether oxygens (including phenoxy) is 1. The number of benzene rings is 1. The largest absolute Gasteiger partial charge is 0.492 e. The van der Waals surface area contributed by atoms with Crippen LogP contribution >= 0.6 is 0 Å². The topological polar surface area (TPSA) is 49.8 Å². The molecule has 116 valence electrons. The van der Waals surface area contributed by atoms with Crippen LogP contribution in [0.2, 0.25) is 0 Å². The second-order valence-corrected chi connectivity index (χ2v) is 6.05. The van der Waals surface area contributed by atoms with Gasteiger partial charge in [0.2, 0.25) is 0 Å². The Morgan fingerprint density at radius 2 is 2.24 bits per heavy atom. The van der Waals surface area contributed by atoms with Gasteiger partial charge in [0.15, 0.2) is 0 Å². The first-order chi connectivity index (χ1) is 9.99. The Bertz CT molecular complexity index is 499. The van der Waals surface area contributed by atoms with Gasteiger partial charge >= 0.3 is 5.97 Å². The Kier molecular flexibility index (Phi) is 5.23. The van der Waals surface area contributed by atoms with Crippen molar-refractivity contribution in [3.8, 4) is 5.75 Å². The van der Waals surface area contributed by atoms with Crippen molar-refractivity contribution in [2.24, 2.45) is 0 Å². The highest BCUT2D eigenvalue weighted by Crippen LogP contribution is 2.23. The fourth-order valence-corrected chi connectivity index (χ4v) is 3.04. The van der Waals surface area contributed by atoms with Gasteiger partial charge in [-0.2, -0.15) is 0 Å². The third kappa shape index (κ3) is 3.97. The Labute approximate surface area is 126 Å². The van der Waals surface area contributed by atoms with E-state index < -0.39 is 5.97 Å². The number of carboxylic acid groups (broad SMARTS) is 1. The van der Waals surface area contributed by atoms with Crippen LogP contribution < -0.4 is 4.74 Å². The molecule has 4 nitrogen and oxygen atoms in total. The molecule has 0 radical (unpaired) electrons. The molecule has 0 spiro atoms. The Morgan fingerprint density at radius 3 is 2.86 bits per heavy atom. The average Bonchev–Trinajstić information content (AvgIpc) is 2.87. The summed E-state index contributed by atoms with van der Waals surface area (Å²) in [7, 11) is 0. The molecule has 21 heavy (non-hydrogen) atoms. The number of rotatable bonds is 6. The zero-order valence-electron chi connectivity index (χ0n) is 13.1. The summed E-state index contributed by atoms with van der Waals surface area (Å²) in [6, 6.07) is 5.85. The van der Waals surface area contributed by atoms with Gasteiger partial charge < -0.3 is 9.84 Å². The average molecular weight is 291 g/mol. The summed E-state index contributed by atoms with van der Waals surface area (Å²) in [6.45, 7) is 8.52. The van der Waals surface area contributed by atoms with Crippen LogP contribution in [-0.2, 0) is 4.79 Å². The van der Waals surface area contributed by atoms with Crippen molar-refractivity contribution in [1.82, 2.24) is 4.90 Å². The lowest BCUT2D eigenvalue weighted by Crippen LogP contribution is -2.38. The zero-order valence-corrected chi connectivity index (χ0v) is 13.1. The quantitative estimate of drug-likeness (QED) is 0.875. The molecule has 4 heteroatoms. The Morgan fingerprint density at radius 1 is 1.48 bits per heavy atom. The van der Waals surface area contributed by atoms with Gasteiger partial charge in [-0.25, -0.2) is 0 Å². The molecule has 0 amide bonds. The summed E-state index contributed by atoms with van der Waals surface area (Å²) in [4.78, 5) is 13.1. The number of aryl methyl sites for hydroxylation is 1. The van der Waals surface area contributed by atoms with Gasteiger partial charge in [-0.15, -0.1) is 0 Å². The van der Waals surface area contributed by atoms with Crippen molar-refractivity contribution >= 4 is 5.97 Å². The van der Waals surface area contributed by atoms with Crippen molar-refractivity contribution in [3.05, 3.63) is 29.3 Å². The van der Waals surface area contributed by atoms with Crippen LogP contribution in [0.3, 0.4) is 0 Å². The number of carbonyl (C=O) groups is 1. The van der Waals surface area contributed by atoms with Crippen LogP contribution in [0.15, 0.2) is 18.2 Å². The van der Waals surface area contributed by atoms with Crippen LogP contribution in [0.25, 0.3) is 0 Å². The van der Waals surface area contributed by atoms with Gasteiger partial charge in [0.1, 0.15) is 18.4 Å². The third-order valence-corrected chi connectivity index (χ3v) is 4.16. The molecule has 1 fully saturated rings. The van der Waals surface area contributed by atoms with Crippen LogP contribution in [0.4, 0.5) is 0 Å². The Hall–Kier alpha value is -1.55. The van der Waals surface area contributed by atoms with Gasteiger partial charge in [0.05, 0.1) is 0 Å². The van der Waals surface area contributed by atoms with Crippen LogP contribution in [0.5, 0.6) is 5.75 Å². The molecule has 0 aromatic heterocycles. The van der Waals surface area contributed by atoms with Crippen LogP contribution in [0.1, 0.15) is 43.7 Å². The SMILES string of the molecule is Cc1cc(OCCN2CCC[C@H]2C(=O)O)ccc1C(C)C. The summed E-state index contributed by atoms with van der Waals surface area (Å²) >= 11 is 0. The highest BCUT2D eigenvalue weighted by Gasteiger charge is 2.29. The van der Waals surface area contributed by atoms with E-state index in [9.17, 15) is 4.79 Å². The predicted molar refractivity (Wildman–Crippen MR) is 83.0 cm³/mol. The lowest BCUT2D eigenvalue weighted by Gasteiger charge is -2.21. The molecule has 1 aliphatic heterocycles. The zero-order chi connectivity index (χ0) is 15.4. The number of likely N-dealkylation sites (tertiary alicyclic amines) is 1. The summed E-state index contributed by atoms with van der Waals surface area (Å²) in [5, 5.41) is 9.14. The highest BCUT2D eigenvalue weighted by atomic mass is 16.5. The maximum atomic E-state index is 11.1. The van der Waals surface area contributed by atoms with E-state index in [1.54, 1.807) is 0 Å². The number of nitrogens with zero attached hydrogens (tertiary/aromatic N) is 1. The maximum absolute atomic E-state index is 11.1. The molecular formula is C17H25NO3. The van der Waals surface area contributed by atoms with Crippen molar-refractivity contribution in [2.45, 2.75) is 45.6 Å². The maximum Gasteiger partial charge on any atom is 0.320 e. The molecule has 1 aliphatic rings. The Balaban J connectivity index is 1.86. The standard InChI is InChI=1S/C17H25NO3/c1-12(2)15-7-6-14(11-13(15)3)21-10-9-18-8-4-5-16(18)17(19)20/h6-7,11-12,16H,4-5,8-10H2,1-3H3,(H,19,20)/t16-/m0/s1. The lowest BCUT2D eigenvalue weighted by atomic mass is 9.98. The minimum Gasteiger partial charge on any atom is -0.492 e. The van der Waals surface area contributed by atoms with Crippen LogP contribution in [-0.4, -0.2) is 41.7 Å². The van der Waals surface area contributed by atoms with E-state index in [2.05, 4.69) is 32.9 Å². The molecule has 1 aromatic carbocycles. The number of hydrogen-bond donors (Lipinski definition) is 1. The molecule has 0 aliphatic carbocycles. The van der Waals surface area contributed by atoms with E-state index in [1.165, 1.54) is 11.1 Å². The number of carboxylic acids is 1. The first-order valence-electron chi connectivity index (χ1n) is 7.69. The normalized spacial score (nSPS) is 19.1. The van der Waals surface area contributed by atoms with E-state index in [1.807, 2.05) is 11.0 Å². The minimum atomic E-state index is -0.718. The molecule has 1 N–H and O–H groups in total. The summed E-state index contributed by atoms with van der Waals surface area (Å²) in [5.41, 5.74) is 2.58. The van der Waals surface area contributed by atoms with Gasteiger partial charge in [-0.1, -0.05) is 19.9 Å². The van der Waals surface area contributed by atoms with Crippen molar-refractivity contribution in [3.63, 3.8) is 0 Å². The first kappa shape index (κ1) is 15.8. The van der Waals surface area contributed by atoms with Crippen molar-refractivity contribution < 1.29 is 14.6 Å². The molecule has 0 unspecified atom stereocenters. The molecule has 1 aromatic rings. The predicted octanol–water partition coefficient (Wildman–Crippen LogP) is 3.05. The summed E-state index contributed by atoms with van der Waals surface area (Å²) in [6.07, 6.45) is 1.71. The first-order valence-corrected chi connectivity index (χ1v) is 7.69. The summed E-state index contributed by atoms with van der Waals surface area (Å²) < 4.78 is 5.78. The molecule has 0 bridgehead atoms. The van der Waals surface area contributed by atoms with E-state index in [-0.39, 0.29) is 6.04 Å². The smallest absolute Gasteiger partial charge is 0.320 e. The lowest BCUT2D eigenvalue weighted by molar-refractivity contribution is -0.142. The second-order valence-electron chi connectivity index (χ2n) is 6.05. The van der Waals surface area contributed by atoms with E-state index in [0.29, 0.717) is 19.1 Å². The second kappa shape index (κ2) is 6.94. The summed E-state index contributed by atoms with van der Waals surface area (Å²) in [5.74, 6) is 0.660. The van der Waals surface area contributed by atoms with Crippen molar-refractivity contribution in [2.75, 3.05) is 19.7 Å². The molecule has 2 rings (SSSR count). The molecule has 1 atom stereocenters. The molecule has 1 saturated heterocycles. The highest BCUT2D eigenvalue weighted by molar-refractivity contribution is 5.73. The van der Waals surface area contributed by atoms with E-state index in [0.717, 1.165) is 25.1 Å². The van der Waals surface area contributed by atoms with Crippen LogP contribution in [0, 0.1) is 6.92 Å². The van der Waals surface area contributed by atoms with Gasteiger partial charge in [-0.3, -0.25) is 9.69 Å². The molecule has 0 saturated carbocycles. The number of hydrogen-bond acceptors (Lipinski definition) is 3. The van der Waals surface area contributed by atoms with Gasteiger partial charge in [0, 0.05) is 6.54 Å². The third-order valence-electron chi connectivity index (χ3n) is 4.16. The number of aliphatic carboxylic acids is 1. The van der Waals surface area contributed by atoms with Crippen molar-refractivity contribution in [1.29, 1.82) is 0 Å². The minimum absolute atomic E-state index is 0.335. The molecule has 1 heterocycles. The van der Waals surface area contributed by atoms with Gasteiger partial charge in [-0.05, 0) is 55.5 Å². The molecular weight excluding hydrogens is 266 g/mol. The fraction of sp³-hybridized carbons (Fsp3) is 0.588.